The van der Waals surface area contributed by atoms with E-state index >= 15 is 0 Å². The van der Waals surface area contributed by atoms with Crippen molar-refractivity contribution in [3.63, 3.8) is 0 Å². The normalized spacial score (nSPS) is 18.3. The molecule has 2 unspecified atom stereocenters. The minimum atomic E-state index is -1.24. The van der Waals surface area contributed by atoms with E-state index in [0.717, 1.165) is 11.1 Å². The van der Waals surface area contributed by atoms with Crippen LogP contribution in [0.2, 0.25) is 5.02 Å². The maximum atomic E-state index is 14.1. The van der Waals surface area contributed by atoms with Gasteiger partial charge in [-0.25, -0.2) is 23.0 Å². The van der Waals surface area contributed by atoms with Gasteiger partial charge in [0.05, 0.1) is 36.0 Å². The summed E-state index contributed by atoms with van der Waals surface area (Å²) in [7, 11) is 2.79. The first-order valence-corrected chi connectivity index (χ1v) is 11.5. The SMILES string of the molecule is CC(F)CN(C)C(=O)C1Cn2nc3c(c2C(=O)N(C)O1)CN(C(=O)Nc1cc(Cl)c(F)cc1F)CC3. The fourth-order valence-corrected chi connectivity index (χ4v) is 4.36. The summed E-state index contributed by atoms with van der Waals surface area (Å²) in [6.45, 7) is 1.29. The quantitative estimate of drug-likeness (QED) is 0.615. The molecule has 4 amide bonds. The summed E-state index contributed by atoms with van der Waals surface area (Å²) in [4.78, 5) is 46.8. The third-order valence-corrected chi connectivity index (χ3v) is 6.22. The molecule has 1 N–H and O–H groups in total. The van der Waals surface area contributed by atoms with Crippen molar-refractivity contribution in [1.29, 1.82) is 0 Å². The van der Waals surface area contributed by atoms with E-state index in [4.69, 9.17) is 16.4 Å². The van der Waals surface area contributed by atoms with Gasteiger partial charge in [0, 0.05) is 38.7 Å². The standard InChI is InChI=1S/C22H24ClF3N6O4/c1-11(24)8-29(2)20(33)18-10-32-19(21(34)30(3)36-18)12-9-31(5-4-16(12)28-32)22(35)27-17-6-13(23)14(25)7-15(17)26/h6-7,11,18H,4-5,8-10H2,1-3H3,(H,27,35). The highest BCUT2D eigenvalue weighted by atomic mass is 35.5. The first-order chi connectivity index (χ1) is 17.0. The number of rotatable bonds is 4. The molecular weight excluding hydrogens is 505 g/mol. The highest BCUT2D eigenvalue weighted by Crippen LogP contribution is 2.28. The third kappa shape index (κ3) is 4.98. The average Bonchev–Trinajstić information content (AvgIpc) is 3.11. The van der Waals surface area contributed by atoms with Crippen LogP contribution in [-0.4, -0.2) is 81.9 Å². The lowest BCUT2D eigenvalue weighted by atomic mass is 10.1. The number of carbonyl (C=O) groups is 3. The van der Waals surface area contributed by atoms with Gasteiger partial charge < -0.3 is 15.1 Å². The summed E-state index contributed by atoms with van der Waals surface area (Å²) in [5, 5.41) is 7.41. The first kappa shape index (κ1) is 25.8. The molecule has 0 bridgehead atoms. The molecule has 1 aromatic heterocycles. The predicted octanol–water partition coefficient (Wildman–Crippen LogP) is 2.61. The second kappa shape index (κ2) is 9.97. The molecule has 2 aliphatic heterocycles. The molecule has 1 aromatic carbocycles. The zero-order chi connectivity index (χ0) is 26.3. The number of halogens is 4. The number of aromatic nitrogens is 2. The first-order valence-electron chi connectivity index (χ1n) is 11.1. The van der Waals surface area contributed by atoms with E-state index in [2.05, 4.69) is 10.4 Å². The van der Waals surface area contributed by atoms with E-state index in [1.165, 1.54) is 35.5 Å². The summed E-state index contributed by atoms with van der Waals surface area (Å²) in [5.74, 6) is -3.02. The van der Waals surface area contributed by atoms with E-state index in [0.29, 0.717) is 23.7 Å². The van der Waals surface area contributed by atoms with Crippen molar-refractivity contribution in [2.24, 2.45) is 0 Å². The van der Waals surface area contributed by atoms with E-state index in [1.54, 1.807) is 0 Å². The van der Waals surface area contributed by atoms with Gasteiger partial charge in [0.2, 0.25) is 0 Å². The fourth-order valence-electron chi connectivity index (χ4n) is 4.20. The van der Waals surface area contributed by atoms with Crippen LogP contribution < -0.4 is 5.32 Å². The number of nitrogens with one attached hydrogen (secondary N) is 1. The lowest BCUT2D eigenvalue weighted by Gasteiger charge is -2.27. The van der Waals surface area contributed by atoms with Crippen molar-refractivity contribution in [3.8, 4) is 0 Å². The van der Waals surface area contributed by atoms with Gasteiger partial charge in [-0.15, -0.1) is 0 Å². The van der Waals surface area contributed by atoms with Crippen molar-refractivity contribution in [1.82, 2.24) is 24.6 Å². The Bertz CT molecular complexity index is 1220. The molecule has 0 spiro atoms. The van der Waals surface area contributed by atoms with Gasteiger partial charge in [-0.3, -0.25) is 19.1 Å². The van der Waals surface area contributed by atoms with Gasteiger partial charge in [-0.1, -0.05) is 11.6 Å². The van der Waals surface area contributed by atoms with Crippen molar-refractivity contribution in [2.45, 2.75) is 38.7 Å². The molecule has 2 aliphatic rings. The van der Waals surface area contributed by atoms with Gasteiger partial charge in [0.25, 0.3) is 11.8 Å². The van der Waals surface area contributed by atoms with Crippen LogP contribution in [0.15, 0.2) is 12.1 Å². The topological polar surface area (TPSA) is 100 Å². The number of anilines is 1. The van der Waals surface area contributed by atoms with Gasteiger partial charge in [-0.05, 0) is 13.0 Å². The lowest BCUT2D eigenvalue weighted by molar-refractivity contribution is -0.176. The molecule has 0 aliphatic carbocycles. The highest BCUT2D eigenvalue weighted by molar-refractivity contribution is 6.31. The van der Waals surface area contributed by atoms with E-state index < -0.39 is 41.8 Å². The number of urea groups is 1. The van der Waals surface area contributed by atoms with E-state index in [-0.39, 0.29) is 42.6 Å². The molecule has 14 heteroatoms. The van der Waals surface area contributed by atoms with Crippen LogP contribution in [-0.2, 0) is 29.1 Å². The van der Waals surface area contributed by atoms with Crippen LogP contribution >= 0.6 is 11.6 Å². The maximum Gasteiger partial charge on any atom is 0.322 e. The largest absolute Gasteiger partial charge is 0.340 e. The number of fused-ring (bicyclic) bond motifs is 3. The van der Waals surface area contributed by atoms with Gasteiger partial charge in [-0.2, -0.15) is 5.10 Å². The van der Waals surface area contributed by atoms with Crippen molar-refractivity contribution >= 4 is 35.1 Å². The number of amides is 4. The Hall–Kier alpha value is -3.32. The monoisotopic (exact) mass is 528 g/mol. The Morgan fingerprint density at radius 3 is 2.75 bits per heavy atom. The van der Waals surface area contributed by atoms with Crippen LogP contribution in [0.5, 0.6) is 0 Å². The summed E-state index contributed by atoms with van der Waals surface area (Å²) < 4.78 is 42.3. The van der Waals surface area contributed by atoms with Gasteiger partial charge >= 0.3 is 6.03 Å². The van der Waals surface area contributed by atoms with Crippen LogP contribution in [0, 0.1) is 11.6 Å². The molecule has 194 valence electrons. The van der Waals surface area contributed by atoms with Crippen LogP contribution in [0.3, 0.4) is 0 Å². The Balaban J connectivity index is 1.56. The minimum Gasteiger partial charge on any atom is -0.340 e. The third-order valence-electron chi connectivity index (χ3n) is 5.93. The smallest absolute Gasteiger partial charge is 0.322 e. The predicted molar refractivity (Wildman–Crippen MR) is 122 cm³/mol. The molecule has 0 saturated heterocycles. The number of hydrogen-bond acceptors (Lipinski definition) is 5. The van der Waals surface area contributed by atoms with Crippen molar-refractivity contribution < 1.29 is 32.4 Å². The maximum absolute atomic E-state index is 14.1. The Kier molecular flexibility index (Phi) is 7.14. The highest BCUT2D eigenvalue weighted by Gasteiger charge is 2.38. The number of hydroxylamine groups is 2. The number of hydrogen-bond donors (Lipinski definition) is 1. The Morgan fingerprint density at radius 2 is 2.06 bits per heavy atom. The molecule has 2 aromatic rings. The second-order valence-corrected chi connectivity index (χ2v) is 9.11. The summed E-state index contributed by atoms with van der Waals surface area (Å²) in [5.41, 5.74) is 0.903. The number of alkyl halides is 1. The zero-order valence-corrected chi connectivity index (χ0v) is 20.5. The van der Waals surface area contributed by atoms with Crippen LogP contribution in [0.4, 0.5) is 23.7 Å². The minimum absolute atomic E-state index is 0.0233. The second-order valence-electron chi connectivity index (χ2n) is 8.70. The fraction of sp³-hybridized carbons (Fsp3) is 0.455. The average molecular weight is 529 g/mol. The van der Waals surface area contributed by atoms with Crippen LogP contribution in [0.25, 0.3) is 0 Å². The number of benzene rings is 1. The molecule has 36 heavy (non-hydrogen) atoms. The molecule has 10 nitrogen and oxygen atoms in total. The Morgan fingerprint density at radius 1 is 1.33 bits per heavy atom. The molecule has 4 rings (SSSR count). The number of likely N-dealkylation sites (N-methyl/N-ethyl adjacent to an activating group) is 1. The molecule has 0 radical (unpaired) electrons. The molecule has 3 heterocycles. The lowest BCUT2D eigenvalue weighted by Crippen LogP contribution is -2.44. The Labute approximate surface area is 209 Å². The van der Waals surface area contributed by atoms with Crippen molar-refractivity contribution in [2.75, 3.05) is 32.5 Å². The molecule has 0 fully saturated rings. The molecule has 2 atom stereocenters. The van der Waals surface area contributed by atoms with Crippen LogP contribution in [0.1, 0.15) is 28.7 Å². The summed E-state index contributed by atoms with van der Waals surface area (Å²) >= 11 is 5.69. The van der Waals surface area contributed by atoms with E-state index in [1.807, 2.05) is 0 Å². The molecule has 0 saturated carbocycles. The summed E-state index contributed by atoms with van der Waals surface area (Å²) in [6, 6.07) is 0.865. The van der Waals surface area contributed by atoms with E-state index in [9.17, 15) is 27.6 Å². The summed E-state index contributed by atoms with van der Waals surface area (Å²) in [6.07, 6.45) is -2.06. The molecular formula is C22H24ClF3N6O4. The number of nitrogens with zero attached hydrogens (tertiary/aromatic N) is 5. The zero-order valence-electron chi connectivity index (χ0n) is 19.7. The number of carbonyl (C=O) groups excluding carboxylic acids is 3. The van der Waals surface area contributed by atoms with Gasteiger partial charge in [0.15, 0.2) is 6.10 Å². The van der Waals surface area contributed by atoms with Gasteiger partial charge in [0.1, 0.15) is 23.5 Å². The van der Waals surface area contributed by atoms with Crippen molar-refractivity contribution in [3.05, 3.63) is 45.7 Å².